The molecule has 4 rings (SSSR count). The van der Waals surface area contributed by atoms with Crippen LogP contribution in [0, 0.1) is 5.92 Å². The molecule has 2 aromatic heterocycles. The van der Waals surface area contributed by atoms with Gasteiger partial charge in [-0.3, -0.25) is 4.57 Å². The minimum Gasteiger partial charge on any atom is -0.382 e. The maximum Gasteiger partial charge on any atom is 0.189 e. The van der Waals surface area contributed by atoms with E-state index >= 15 is 4.39 Å². The molecule has 1 aliphatic carbocycles. The van der Waals surface area contributed by atoms with Crippen molar-refractivity contribution < 1.29 is 9.13 Å². The highest BCUT2D eigenvalue weighted by molar-refractivity contribution is 5.81. The normalized spacial score (nSPS) is 23.3. The number of hydrogen-bond donors (Lipinski definition) is 1. The number of halogens is 1. The van der Waals surface area contributed by atoms with Crippen LogP contribution in [0.1, 0.15) is 18.4 Å². The van der Waals surface area contributed by atoms with Crippen molar-refractivity contribution >= 4 is 17.0 Å². The van der Waals surface area contributed by atoms with Crippen LogP contribution in [-0.2, 0) is 17.1 Å². The van der Waals surface area contributed by atoms with E-state index in [4.69, 9.17) is 10.5 Å². The summed E-state index contributed by atoms with van der Waals surface area (Å²) in [6.07, 6.45) is 3.56. The van der Waals surface area contributed by atoms with Gasteiger partial charge in [0.15, 0.2) is 17.3 Å². The Hall–Kier alpha value is -2.54. The van der Waals surface area contributed by atoms with Crippen molar-refractivity contribution in [3.8, 4) is 0 Å². The zero-order valence-corrected chi connectivity index (χ0v) is 13.1. The summed E-state index contributed by atoms with van der Waals surface area (Å²) in [6, 6.07) is 9.96. The number of nitrogens with two attached hydrogens (primary N) is 1. The molecule has 3 aromatic rings. The van der Waals surface area contributed by atoms with Crippen molar-refractivity contribution in [2.75, 3.05) is 12.3 Å². The van der Waals surface area contributed by atoms with E-state index in [-0.39, 0.29) is 11.7 Å². The fourth-order valence-corrected chi connectivity index (χ4v) is 3.20. The molecule has 2 heterocycles. The molecule has 0 atom stereocenters. The Kier molecular flexibility index (Phi) is 3.65. The highest BCUT2D eigenvalue weighted by Crippen LogP contribution is 2.46. The Labute approximate surface area is 138 Å². The summed E-state index contributed by atoms with van der Waals surface area (Å²) in [4.78, 5) is 12.1. The molecule has 0 aliphatic heterocycles. The second kappa shape index (κ2) is 5.83. The van der Waals surface area contributed by atoms with E-state index < -0.39 is 5.79 Å². The Morgan fingerprint density at radius 1 is 1.21 bits per heavy atom. The van der Waals surface area contributed by atoms with E-state index in [0.717, 1.165) is 5.56 Å². The predicted molar refractivity (Wildman–Crippen MR) is 87.6 cm³/mol. The molecular formula is C17H18FN5O. The molecule has 0 spiro atoms. The number of alkyl halides is 1. The van der Waals surface area contributed by atoms with Crippen LogP contribution in [0.5, 0.6) is 0 Å². The van der Waals surface area contributed by atoms with E-state index in [2.05, 4.69) is 15.0 Å². The van der Waals surface area contributed by atoms with Crippen LogP contribution in [0.25, 0.3) is 11.2 Å². The number of fused-ring (bicyclic) bond motifs is 1. The molecule has 1 saturated carbocycles. The highest BCUT2D eigenvalue weighted by Gasteiger charge is 2.47. The minimum absolute atomic E-state index is 0.190. The summed E-state index contributed by atoms with van der Waals surface area (Å²) < 4.78 is 22.3. The van der Waals surface area contributed by atoms with Gasteiger partial charge in [0.05, 0.1) is 19.5 Å². The Morgan fingerprint density at radius 3 is 2.79 bits per heavy atom. The first-order valence-corrected chi connectivity index (χ1v) is 7.90. The first-order chi connectivity index (χ1) is 11.7. The van der Waals surface area contributed by atoms with Crippen LogP contribution < -0.4 is 5.73 Å². The number of benzene rings is 1. The molecule has 2 N–H and O–H groups in total. The molecule has 0 radical (unpaired) electrons. The third-order valence-corrected chi connectivity index (χ3v) is 4.46. The molecule has 0 unspecified atom stereocenters. The van der Waals surface area contributed by atoms with Crippen molar-refractivity contribution in [3.63, 3.8) is 0 Å². The molecule has 7 heteroatoms. The first kappa shape index (κ1) is 15.0. The lowest BCUT2D eigenvalue weighted by molar-refractivity contribution is -0.0922. The van der Waals surface area contributed by atoms with Gasteiger partial charge in [0.2, 0.25) is 0 Å². The lowest BCUT2D eigenvalue weighted by atomic mass is 9.78. The molecule has 1 aliphatic rings. The zero-order chi connectivity index (χ0) is 16.6. The quantitative estimate of drug-likeness (QED) is 0.779. The monoisotopic (exact) mass is 327 g/mol. The number of hydrogen-bond acceptors (Lipinski definition) is 5. The van der Waals surface area contributed by atoms with Crippen LogP contribution in [0.3, 0.4) is 0 Å². The van der Waals surface area contributed by atoms with Crippen LogP contribution in [0.2, 0.25) is 0 Å². The van der Waals surface area contributed by atoms with E-state index in [1.807, 2.05) is 30.3 Å². The predicted octanol–water partition coefficient (Wildman–Crippen LogP) is 2.66. The summed E-state index contributed by atoms with van der Waals surface area (Å²) in [5.41, 5.74) is 7.75. The minimum atomic E-state index is -1.48. The Bertz CT molecular complexity index is 845. The third kappa shape index (κ3) is 2.60. The van der Waals surface area contributed by atoms with Crippen LogP contribution in [-0.4, -0.2) is 26.1 Å². The maximum absolute atomic E-state index is 15.1. The number of ether oxygens (including phenoxy) is 1. The molecule has 0 bridgehead atoms. The molecule has 0 amide bonds. The van der Waals surface area contributed by atoms with Gasteiger partial charge in [-0.15, -0.1) is 0 Å². The van der Waals surface area contributed by atoms with E-state index in [1.165, 1.54) is 17.2 Å². The standard InChI is InChI=1S/C17H18FN5O/c18-17(23-11-22-14-15(19)20-10-21-16(14)23)6-13(7-17)9-24-8-12-4-2-1-3-5-12/h1-5,10-11,13H,6-9H2,(H2,19,20,21). The van der Waals surface area contributed by atoms with Gasteiger partial charge >= 0.3 is 0 Å². The first-order valence-electron chi connectivity index (χ1n) is 7.90. The average molecular weight is 327 g/mol. The van der Waals surface area contributed by atoms with Gasteiger partial charge in [0.25, 0.3) is 0 Å². The number of nitrogen functional groups attached to an aromatic ring is 1. The Morgan fingerprint density at radius 2 is 2.00 bits per heavy atom. The molecule has 1 fully saturated rings. The molecule has 6 nitrogen and oxygen atoms in total. The number of anilines is 1. The number of imidazole rings is 1. The van der Waals surface area contributed by atoms with Gasteiger partial charge in [-0.1, -0.05) is 30.3 Å². The molecule has 124 valence electrons. The third-order valence-electron chi connectivity index (χ3n) is 4.46. The van der Waals surface area contributed by atoms with E-state index in [0.29, 0.717) is 37.2 Å². The topological polar surface area (TPSA) is 78.9 Å². The van der Waals surface area contributed by atoms with Crippen molar-refractivity contribution in [3.05, 3.63) is 48.5 Å². The second-order valence-corrected chi connectivity index (χ2v) is 6.24. The van der Waals surface area contributed by atoms with E-state index in [9.17, 15) is 0 Å². The SMILES string of the molecule is Nc1ncnc2c1ncn2C1(F)CC(COCc2ccccc2)C1. The lowest BCUT2D eigenvalue weighted by Gasteiger charge is -2.41. The number of aromatic nitrogens is 4. The second-order valence-electron chi connectivity index (χ2n) is 6.24. The largest absolute Gasteiger partial charge is 0.382 e. The Balaban J connectivity index is 1.37. The van der Waals surface area contributed by atoms with Gasteiger partial charge in [0.1, 0.15) is 11.8 Å². The highest BCUT2D eigenvalue weighted by atomic mass is 19.1. The summed E-state index contributed by atoms with van der Waals surface area (Å²) >= 11 is 0. The summed E-state index contributed by atoms with van der Waals surface area (Å²) in [6.45, 7) is 1.10. The summed E-state index contributed by atoms with van der Waals surface area (Å²) in [7, 11) is 0. The summed E-state index contributed by atoms with van der Waals surface area (Å²) in [5.74, 6) is -1.02. The fourth-order valence-electron chi connectivity index (χ4n) is 3.20. The van der Waals surface area contributed by atoms with Gasteiger partial charge in [-0.25, -0.2) is 19.3 Å². The molecule has 0 saturated heterocycles. The average Bonchev–Trinajstić information content (AvgIpc) is 3.00. The van der Waals surface area contributed by atoms with Crippen molar-refractivity contribution in [2.24, 2.45) is 5.92 Å². The van der Waals surface area contributed by atoms with Gasteiger partial charge in [0, 0.05) is 12.8 Å². The van der Waals surface area contributed by atoms with Gasteiger partial charge < -0.3 is 10.5 Å². The maximum atomic E-state index is 15.1. The van der Waals surface area contributed by atoms with Crippen LogP contribution in [0.15, 0.2) is 43.0 Å². The summed E-state index contributed by atoms with van der Waals surface area (Å²) in [5, 5.41) is 0. The number of rotatable bonds is 5. The van der Waals surface area contributed by atoms with Gasteiger partial charge in [-0.05, 0) is 11.5 Å². The van der Waals surface area contributed by atoms with Crippen molar-refractivity contribution in [2.45, 2.75) is 25.2 Å². The van der Waals surface area contributed by atoms with Crippen LogP contribution in [0.4, 0.5) is 10.2 Å². The fraction of sp³-hybridized carbons (Fsp3) is 0.353. The number of nitrogens with zero attached hydrogens (tertiary/aromatic N) is 4. The van der Waals surface area contributed by atoms with E-state index in [1.54, 1.807) is 0 Å². The van der Waals surface area contributed by atoms with Gasteiger partial charge in [-0.2, -0.15) is 0 Å². The lowest BCUT2D eigenvalue weighted by Crippen LogP contribution is -2.44. The van der Waals surface area contributed by atoms with Crippen molar-refractivity contribution in [1.82, 2.24) is 19.5 Å². The molecule has 24 heavy (non-hydrogen) atoms. The molecule has 1 aromatic carbocycles. The smallest absolute Gasteiger partial charge is 0.189 e. The van der Waals surface area contributed by atoms with Crippen molar-refractivity contribution in [1.29, 1.82) is 0 Å². The van der Waals surface area contributed by atoms with Crippen LogP contribution >= 0.6 is 0 Å². The zero-order valence-electron chi connectivity index (χ0n) is 13.1. The molecular weight excluding hydrogens is 309 g/mol.